The summed E-state index contributed by atoms with van der Waals surface area (Å²) in [5, 5.41) is 6.38. The number of ketones is 1. The number of Topliss-reactive ketones (excluding diaryl/α,β-unsaturated/α-hetero) is 1. The van der Waals surface area contributed by atoms with Crippen LogP contribution in [0.3, 0.4) is 0 Å². The van der Waals surface area contributed by atoms with E-state index in [1.54, 1.807) is 61.5 Å². The van der Waals surface area contributed by atoms with Gasteiger partial charge in [0.15, 0.2) is 5.54 Å². The molecule has 6 nitrogen and oxygen atoms in total. The largest absolute Gasteiger partial charge is 0.366 e. The highest BCUT2D eigenvalue weighted by Gasteiger charge is 2.51. The predicted molar refractivity (Wildman–Crippen MR) is 91.0 cm³/mol. The van der Waals surface area contributed by atoms with Gasteiger partial charge in [-0.25, -0.2) is 4.79 Å². The number of nitrogens with one attached hydrogen (secondary N) is 1. The van der Waals surface area contributed by atoms with Crippen molar-refractivity contribution in [2.75, 3.05) is 0 Å². The second-order valence-electron chi connectivity index (χ2n) is 5.59. The molecule has 1 aliphatic rings. The molecule has 2 aromatic carbocycles. The van der Waals surface area contributed by atoms with Crippen molar-refractivity contribution >= 4 is 23.4 Å². The van der Waals surface area contributed by atoms with Crippen LogP contribution in [0.5, 0.6) is 0 Å². The van der Waals surface area contributed by atoms with Crippen LogP contribution in [-0.2, 0) is 14.4 Å². The number of nitrogens with zero attached hydrogens (tertiary/aromatic N) is 1. The minimum absolute atomic E-state index is 0.202. The molecular weight excluding hydrogens is 320 g/mol. The molecular formula is C19H16N2O4. The average molecular weight is 336 g/mol. The van der Waals surface area contributed by atoms with Gasteiger partial charge in [-0.15, -0.1) is 0 Å². The standard InChI is InChI=1S/C19H16N2O4/c1-2-19(20-17(23)15(22)13-9-5-3-6-10-13)16(21-25-18(19)24)14-11-7-4-8-12-14/h3-12H,2H2,1H3,(H,20,23). The fraction of sp³-hybridized carbons (Fsp3) is 0.158. The zero-order valence-electron chi connectivity index (χ0n) is 13.6. The summed E-state index contributed by atoms with van der Waals surface area (Å²) in [4.78, 5) is 42.0. The maximum atomic E-state index is 12.5. The van der Waals surface area contributed by atoms with Crippen LogP contribution in [0, 0.1) is 0 Å². The van der Waals surface area contributed by atoms with Crippen molar-refractivity contribution in [3.05, 3.63) is 71.8 Å². The van der Waals surface area contributed by atoms with E-state index in [2.05, 4.69) is 10.5 Å². The molecule has 25 heavy (non-hydrogen) atoms. The number of carbonyl (C=O) groups is 3. The molecule has 0 saturated heterocycles. The Kier molecular flexibility index (Phi) is 4.43. The van der Waals surface area contributed by atoms with Crippen LogP contribution in [0.4, 0.5) is 0 Å². The van der Waals surface area contributed by atoms with Crippen LogP contribution in [0.2, 0.25) is 0 Å². The Bertz CT molecular complexity index is 846. The summed E-state index contributed by atoms with van der Waals surface area (Å²) in [7, 11) is 0. The molecule has 1 atom stereocenters. The second kappa shape index (κ2) is 6.68. The van der Waals surface area contributed by atoms with Crippen molar-refractivity contribution in [1.29, 1.82) is 0 Å². The van der Waals surface area contributed by atoms with Crippen molar-refractivity contribution in [1.82, 2.24) is 5.32 Å². The van der Waals surface area contributed by atoms with E-state index in [1.807, 2.05) is 6.07 Å². The Morgan fingerprint density at radius 3 is 2.24 bits per heavy atom. The van der Waals surface area contributed by atoms with Gasteiger partial charge in [0.1, 0.15) is 5.71 Å². The monoisotopic (exact) mass is 336 g/mol. The van der Waals surface area contributed by atoms with Crippen LogP contribution in [0.25, 0.3) is 0 Å². The first-order valence-corrected chi connectivity index (χ1v) is 7.85. The van der Waals surface area contributed by atoms with Crippen LogP contribution in [-0.4, -0.2) is 28.9 Å². The van der Waals surface area contributed by atoms with Gasteiger partial charge in [0.2, 0.25) is 5.78 Å². The number of carbonyl (C=O) groups excluding carboxylic acids is 3. The Morgan fingerprint density at radius 2 is 1.64 bits per heavy atom. The molecule has 0 bridgehead atoms. The summed E-state index contributed by atoms with van der Waals surface area (Å²) < 4.78 is 0. The maximum absolute atomic E-state index is 12.5. The van der Waals surface area contributed by atoms with Crippen molar-refractivity contribution in [2.45, 2.75) is 18.9 Å². The third-order valence-electron chi connectivity index (χ3n) is 4.12. The lowest BCUT2D eigenvalue weighted by molar-refractivity contribution is -0.147. The topological polar surface area (TPSA) is 84.8 Å². The lowest BCUT2D eigenvalue weighted by atomic mass is 9.86. The Labute approximate surface area is 144 Å². The molecule has 1 amide bonds. The van der Waals surface area contributed by atoms with Crippen LogP contribution < -0.4 is 5.32 Å². The van der Waals surface area contributed by atoms with E-state index in [9.17, 15) is 14.4 Å². The summed E-state index contributed by atoms with van der Waals surface area (Å²) in [5.74, 6) is -2.31. The molecule has 2 aromatic rings. The maximum Gasteiger partial charge on any atom is 0.366 e. The van der Waals surface area contributed by atoms with E-state index in [0.29, 0.717) is 5.56 Å². The molecule has 1 N–H and O–H groups in total. The molecule has 6 heteroatoms. The fourth-order valence-corrected chi connectivity index (χ4v) is 2.72. The SMILES string of the molecule is CCC1(NC(=O)C(=O)c2ccccc2)C(=O)ON=C1c1ccccc1. The second-order valence-corrected chi connectivity index (χ2v) is 5.59. The molecule has 0 aromatic heterocycles. The normalized spacial score (nSPS) is 19.1. The quantitative estimate of drug-likeness (QED) is 0.515. The van der Waals surface area contributed by atoms with Gasteiger partial charge in [0, 0.05) is 11.1 Å². The first-order valence-electron chi connectivity index (χ1n) is 7.85. The molecule has 0 spiro atoms. The van der Waals surface area contributed by atoms with Gasteiger partial charge < -0.3 is 10.2 Å². The smallest absolute Gasteiger partial charge is 0.328 e. The fourth-order valence-electron chi connectivity index (χ4n) is 2.72. The molecule has 0 aliphatic carbocycles. The summed E-state index contributed by atoms with van der Waals surface area (Å²) in [6.07, 6.45) is 0.202. The number of hydrogen-bond donors (Lipinski definition) is 1. The van der Waals surface area contributed by atoms with E-state index in [0.717, 1.165) is 0 Å². The Morgan fingerprint density at radius 1 is 1.04 bits per heavy atom. The number of amides is 1. The van der Waals surface area contributed by atoms with Crippen molar-refractivity contribution < 1.29 is 19.2 Å². The molecule has 1 heterocycles. The van der Waals surface area contributed by atoms with E-state index < -0.39 is 23.2 Å². The van der Waals surface area contributed by atoms with Gasteiger partial charge >= 0.3 is 5.97 Å². The average Bonchev–Trinajstić information content (AvgIpc) is 2.99. The van der Waals surface area contributed by atoms with Gasteiger partial charge in [0.05, 0.1) is 0 Å². The lowest BCUT2D eigenvalue weighted by Gasteiger charge is -2.26. The number of oxime groups is 1. The molecule has 0 fully saturated rings. The first kappa shape index (κ1) is 16.6. The molecule has 1 unspecified atom stereocenters. The predicted octanol–water partition coefficient (Wildman–Crippen LogP) is 2.10. The van der Waals surface area contributed by atoms with Crippen LogP contribution in [0.1, 0.15) is 29.3 Å². The highest BCUT2D eigenvalue weighted by atomic mass is 16.7. The summed E-state index contributed by atoms with van der Waals surface area (Å²) in [6, 6.07) is 17.1. The summed E-state index contributed by atoms with van der Waals surface area (Å²) in [6.45, 7) is 1.72. The lowest BCUT2D eigenvalue weighted by Crippen LogP contribution is -2.59. The van der Waals surface area contributed by atoms with Gasteiger partial charge in [-0.1, -0.05) is 72.7 Å². The van der Waals surface area contributed by atoms with E-state index in [-0.39, 0.29) is 17.7 Å². The van der Waals surface area contributed by atoms with E-state index in [1.165, 1.54) is 0 Å². The minimum atomic E-state index is -1.48. The van der Waals surface area contributed by atoms with Crippen molar-refractivity contribution in [2.24, 2.45) is 5.16 Å². The Balaban J connectivity index is 1.92. The van der Waals surface area contributed by atoms with Gasteiger partial charge in [-0.05, 0) is 6.42 Å². The number of rotatable bonds is 5. The van der Waals surface area contributed by atoms with Crippen LogP contribution in [0.15, 0.2) is 65.8 Å². The van der Waals surface area contributed by atoms with Crippen molar-refractivity contribution in [3.8, 4) is 0 Å². The van der Waals surface area contributed by atoms with Gasteiger partial charge in [-0.2, -0.15) is 0 Å². The van der Waals surface area contributed by atoms with E-state index >= 15 is 0 Å². The highest BCUT2D eigenvalue weighted by molar-refractivity contribution is 6.44. The zero-order chi connectivity index (χ0) is 17.9. The third kappa shape index (κ3) is 2.94. The van der Waals surface area contributed by atoms with Gasteiger partial charge in [-0.3, -0.25) is 9.59 Å². The van der Waals surface area contributed by atoms with E-state index in [4.69, 9.17) is 4.84 Å². The molecule has 1 aliphatic heterocycles. The summed E-state index contributed by atoms with van der Waals surface area (Å²) in [5.41, 5.74) is -0.309. The zero-order valence-corrected chi connectivity index (χ0v) is 13.6. The number of hydrogen-bond acceptors (Lipinski definition) is 5. The highest BCUT2D eigenvalue weighted by Crippen LogP contribution is 2.26. The van der Waals surface area contributed by atoms with Crippen molar-refractivity contribution in [3.63, 3.8) is 0 Å². The van der Waals surface area contributed by atoms with Crippen LogP contribution >= 0.6 is 0 Å². The molecule has 0 radical (unpaired) electrons. The summed E-state index contributed by atoms with van der Waals surface area (Å²) >= 11 is 0. The van der Waals surface area contributed by atoms with Gasteiger partial charge in [0.25, 0.3) is 5.91 Å². The number of benzene rings is 2. The molecule has 0 saturated carbocycles. The minimum Gasteiger partial charge on any atom is -0.328 e. The molecule has 3 rings (SSSR count). The molecule has 126 valence electrons. The first-order chi connectivity index (χ1) is 12.1. The Hall–Kier alpha value is -3.28. The third-order valence-corrected chi connectivity index (χ3v) is 4.12.